The van der Waals surface area contributed by atoms with Crippen LogP contribution in [0.15, 0.2) is 59.7 Å². The van der Waals surface area contributed by atoms with Crippen molar-refractivity contribution in [2.24, 2.45) is 4.99 Å². The van der Waals surface area contributed by atoms with Gasteiger partial charge in [-0.15, -0.1) is 11.3 Å². The topological polar surface area (TPSA) is 191 Å². The number of ether oxygens (including phenoxy) is 1. The van der Waals surface area contributed by atoms with Crippen molar-refractivity contribution in [3.05, 3.63) is 91.9 Å². The number of carboxylic acids is 1. The van der Waals surface area contributed by atoms with Crippen molar-refractivity contribution in [2.45, 2.75) is 78.2 Å². The number of aliphatic imine (C=N–C) groups is 1. The first-order chi connectivity index (χ1) is 30.7. The minimum Gasteiger partial charge on any atom is -0.480 e. The van der Waals surface area contributed by atoms with Crippen molar-refractivity contribution in [3.63, 3.8) is 0 Å². The summed E-state index contributed by atoms with van der Waals surface area (Å²) in [7, 11) is 1.54. The van der Waals surface area contributed by atoms with E-state index in [0.717, 1.165) is 70.9 Å². The van der Waals surface area contributed by atoms with Crippen LogP contribution in [0.3, 0.4) is 0 Å². The Balaban J connectivity index is 0.821. The van der Waals surface area contributed by atoms with Gasteiger partial charge in [-0.05, 0) is 75.6 Å². The smallest absolute Gasteiger partial charge is 0.337 e. The summed E-state index contributed by atoms with van der Waals surface area (Å²) in [5.41, 5.74) is 5.50. The highest BCUT2D eigenvalue weighted by Crippen LogP contribution is 2.41. The van der Waals surface area contributed by atoms with Gasteiger partial charge in [-0.25, -0.2) is 4.79 Å². The fourth-order valence-electron chi connectivity index (χ4n) is 8.31. The number of thiophene rings is 1. The Bertz CT molecular complexity index is 2620. The van der Waals surface area contributed by atoms with E-state index in [2.05, 4.69) is 15.2 Å². The number of amidine groups is 2. The third-order valence-electron chi connectivity index (χ3n) is 11.9. The van der Waals surface area contributed by atoms with Crippen LogP contribution in [-0.4, -0.2) is 101 Å². The second kappa shape index (κ2) is 20.4. The van der Waals surface area contributed by atoms with Crippen molar-refractivity contribution in [2.75, 3.05) is 49.6 Å². The van der Waals surface area contributed by atoms with Gasteiger partial charge in [0.15, 0.2) is 0 Å². The molecule has 336 valence electrons. The van der Waals surface area contributed by atoms with Gasteiger partial charge < -0.3 is 29.9 Å². The Kier molecular flexibility index (Phi) is 14.7. The van der Waals surface area contributed by atoms with Gasteiger partial charge in [0.05, 0.1) is 29.8 Å². The summed E-state index contributed by atoms with van der Waals surface area (Å²) in [4.78, 5) is 57.6. The lowest BCUT2D eigenvalue weighted by Crippen LogP contribution is -2.49. The summed E-state index contributed by atoms with van der Waals surface area (Å²) in [6.45, 7) is 8.69. The number of hydrogen-bond acceptors (Lipinski definition) is 10. The number of amides is 2. The van der Waals surface area contributed by atoms with E-state index in [-0.39, 0.29) is 35.5 Å². The zero-order valence-electron chi connectivity index (χ0n) is 36.4. The van der Waals surface area contributed by atoms with Crippen molar-refractivity contribution < 1.29 is 24.2 Å². The van der Waals surface area contributed by atoms with Crippen LogP contribution < -0.4 is 19.9 Å². The summed E-state index contributed by atoms with van der Waals surface area (Å²) >= 11 is 14.4. The molecule has 2 aliphatic rings. The number of pyridine rings is 1. The molecule has 0 spiro atoms. The largest absolute Gasteiger partial charge is 0.480 e. The number of aromatic carboxylic acids is 1. The zero-order chi connectivity index (χ0) is 45.7. The van der Waals surface area contributed by atoms with Crippen LogP contribution in [0.5, 0.6) is 5.88 Å². The molecule has 5 N–H and O–H groups in total. The van der Waals surface area contributed by atoms with Crippen LogP contribution in [-0.2, 0) is 9.59 Å². The molecule has 5 heterocycles. The number of benzene rings is 2. The molecule has 1 fully saturated rings. The highest BCUT2D eigenvalue weighted by molar-refractivity contribution is 7.17. The van der Waals surface area contributed by atoms with Crippen molar-refractivity contribution >= 4 is 91.4 Å². The lowest BCUT2D eigenvalue weighted by Gasteiger charge is -2.35. The van der Waals surface area contributed by atoms with Crippen LogP contribution >= 0.6 is 34.5 Å². The third-order valence-corrected chi connectivity index (χ3v) is 13.7. The fraction of sp³-hybridized carbons (Fsp3) is 0.383. The maximum atomic E-state index is 13.2. The molecule has 1 unspecified atom stereocenters. The summed E-state index contributed by atoms with van der Waals surface area (Å²) in [5, 5.41) is 32.7. The second-order valence-electron chi connectivity index (χ2n) is 16.2. The van der Waals surface area contributed by atoms with E-state index in [1.807, 2.05) is 55.1 Å². The number of aromatic amines is 1. The molecule has 0 aliphatic carbocycles. The number of piperazine rings is 1. The molecular weight excluding hydrogens is 874 g/mol. The molecule has 2 amide bonds. The lowest BCUT2D eigenvalue weighted by atomic mass is 9.99. The average molecular weight is 927 g/mol. The van der Waals surface area contributed by atoms with Crippen molar-refractivity contribution in [1.29, 1.82) is 10.8 Å². The van der Waals surface area contributed by atoms with Crippen LogP contribution in [0.2, 0.25) is 10.0 Å². The monoisotopic (exact) mass is 925 g/mol. The second-order valence-corrected chi connectivity index (χ2v) is 18.2. The van der Waals surface area contributed by atoms with Crippen LogP contribution in [0, 0.1) is 24.7 Å². The van der Waals surface area contributed by atoms with Crippen LogP contribution in [0.1, 0.15) is 90.2 Å². The Morgan fingerprint density at radius 1 is 0.969 bits per heavy atom. The van der Waals surface area contributed by atoms with Gasteiger partial charge in [0.2, 0.25) is 17.7 Å². The van der Waals surface area contributed by atoms with Crippen LogP contribution in [0.4, 0.5) is 10.8 Å². The number of carbonyl (C=O) groups excluding carboxylic acids is 2. The van der Waals surface area contributed by atoms with Gasteiger partial charge in [0.1, 0.15) is 28.5 Å². The third kappa shape index (κ3) is 10.1. The van der Waals surface area contributed by atoms with E-state index >= 15 is 0 Å². The van der Waals surface area contributed by atoms with Gasteiger partial charge in [-0.2, -0.15) is 4.98 Å². The number of fused-ring (bicyclic) bond motifs is 2. The molecule has 2 aliphatic heterocycles. The molecule has 17 heteroatoms. The van der Waals surface area contributed by atoms with Gasteiger partial charge in [-0.3, -0.25) is 30.3 Å². The Morgan fingerprint density at radius 2 is 1.67 bits per heavy atom. The highest BCUT2D eigenvalue weighted by Gasteiger charge is 2.35. The highest BCUT2D eigenvalue weighted by atomic mass is 35.5. The van der Waals surface area contributed by atoms with Crippen LogP contribution in [0.25, 0.3) is 22.0 Å². The summed E-state index contributed by atoms with van der Waals surface area (Å²) < 4.78 is 5.67. The maximum absolute atomic E-state index is 13.2. The number of nitrogens with zero attached hydrogens (tertiary/aromatic N) is 5. The normalized spacial score (nSPS) is 15.2. The minimum atomic E-state index is -1.03. The molecule has 2 aromatic carbocycles. The molecule has 1 atom stereocenters. The molecule has 7 rings (SSSR count). The van der Waals surface area contributed by atoms with Gasteiger partial charge in [-0.1, -0.05) is 61.0 Å². The summed E-state index contributed by atoms with van der Waals surface area (Å²) in [6.07, 6.45) is 7.52. The number of halogens is 2. The number of aryl methyl sites for hydroxylation is 1. The SMILES string of the molecule is COc1nc(N2CCN(C(=O)CCCCCCCCNC(=O)CC3N=C(c4ccc(Cl)cc4)c4c(sc(C)c4C)N(C(C)=N)C3=N)CC2)ccc1-c1cc2c(C(=O)O)c[nH]c2cc1Cl. The number of hydrogen-bond donors (Lipinski definition) is 5. The van der Waals surface area contributed by atoms with E-state index in [0.29, 0.717) is 82.8 Å². The molecule has 3 aromatic heterocycles. The molecule has 5 aromatic rings. The van der Waals surface area contributed by atoms with E-state index in [9.17, 15) is 19.5 Å². The van der Waals surface area contributed by atoms with E-state index in [4.69, 9.17) is 48.7 Å². The number of rotatable bonds is 16. The Morgan fingerprint density at radius 3 is 2.36 bits per heavy atom. The predicted octanol–water partition coefficient (Wildman–Crippen LogP) is 9.51. The average Bonchev–Trinajstić information content (AvgIpc) is 3.79. The molecular formula is C47H53Cl2N9O5S. The van der Waals surface area contributed by atoms with E-state index in [1.165, 1.54) is 24.6 Å². The summed E-state index contributed by atoms with van der Waals surface area (Å²) in [6, 6.07) is 13.9. The first-order valence-electron chi connectivity index (χ1n) is 21.5. The van der Waals surface area contributed by atoms with Crippen molar-refractivity contribution in [1.82, 2.24) is 20.2 Å². The number of nitrogens with one attached hydrogen (secondary N) is 4. The Hall–Kier alpha value is -5.77. The van der Waals surface area contributed by atoms with Crippen molar-refractivity contribution in [3.8, 4) is 17.0 Å². The first kappa shape index (κ1) is 46.2. The standard InChI is InChI=1S/C47H53Cl2N9O5S/c1-27-28(2)64-46-42(27)43(30-12-14-31(48)15-13-30)54-38(44(51)58(46)29(3)50)25-40(59)52-18-10-8-6-5-7-9-11-41(60)57-21-19-56(20-22-57)39-17-16-32(45(55-39)63-4)33-23-34-35(47(61)62)26-53-37(34)24-36(33)49/h12-17,23-24,26,38,50-51,53H,5-11,18-22,25H2,1-4H3,(H,52,59)(H,61,62). The fourth-order valence-corrected chi connectivity index (χ4v) is 9.92. The maximum Gasteiger partial charge on any atom is 0.337 e. The van der Waals surface area contributed by atoms with Gasteiger partial charge in [0, 0.05) is 88.4 Å². The Labute approximate surface area is 386 Å². The van der Waals surface area contributed by atoms with Gasteiger partial charge in [0.25, 0.3) is 0 Å². The lowest BCUT2D eigenvalue weighted by molar-refractivity contribution is -0.131. The number of carboxylic acid groups (broad SMARTS) is 1. The molecule has 14 nitrogen and oxygen atoms in total. The number of methoxy groups -OCH3 is 1. The molecule has 0 radical (unpaired) electrons. The minimum absolute atomic E-state index is 0.00368. The summed E-state index contributed by atoms with van der Waals surface area (Å²) in [5.74, 6) is 0.336. The molecule has 64 heavy (non-hydrogen) atoms. The predicted molar refractivity (Wildman–Crippen MR) is 257 cm³/mol. The van der Waals surface area contributed by atoms with E-state index < -0.39 is 12.0 Å². The molecule has 0 saturated carbocycles. The number of unbranched alkanes of at least 4 members (excludes halogenated alkanes) is 5. The zero-order valence-corrected chi connectivity index (χ0v) is 38.8. The van der Waals surface area contributed by atoms with Gasteiger partial charge >= 0.3 is 5.97 Å². The number of H-pyrrole nitrogens is 1. The van der Waals surface area contributed by atoms with E-state index in [1.54, 1.807) is 24.0 Å². The molecule has 1 saturated heterocycles. The first-order valence-corrected chi connectivity index (χ1v) is 23.1. The number of carbonyl (C=O) groups is 3. The number of anilines is 2. The number of aromatic nitrogens is 2. The molecule has 0 bridgehead atoms. The quantitative estimate of drug-likeness (QED) is 0.0367.